The minimum absolute atomic E-state index is 0.0979. The first-order valence-electron chi connectivity index (χ1n) is 11.0. The predicted octanol–water partition coefficient (Wildman–Crippen LogP) is 6.75. The molecule has 0 fully saturated rings. The molecule has 3 unspecified atom stereocenters. The molecule has 1 aliphatic carbocycles. The summed E-state index contributed by atoms with van der Waals surface area (Å²) in [6, 6.07) is 15.8. The Bertz CT molecular complexity index is 982. The van der Waals surface area contributed by atoms with Gasteiger partial charge >= 0.3 is 0 Å². The zero-order valence-corrected chi connectivity index (χ0v) is 19.8. The van der Waals surface area contributed by atoms with Crippen LogP contribution in [0.15, 0.2) is 77.4 Å². The lowest BCUT2D eigenvalue weighted by atomic mass is 9.80. The van der Waals surface area contributed by atoms with Crippen LogP contribution in [0, 0.1) is 11.7 Å². The van der Waals surface area contributed by atoms with Gasteiger partial charge in [0.25, 0.3) is 5.91 Å². The van der Waals surface area contributed by atoms with Crippen LogP contribution in [0.25, 0.3) is 0 Å². The van der Waals surface area contributed by atoms with Crippen LogP contribution in [0.5, 0.6) is 5.75 Å². The molecule has 32 heavy (non-hydrogen) atoms. The summed E-state index contributed by atoms with van der Waals surface area (Å²) in [6.45, 7) is 7.65. The van der Waals surface area contributed by atoms with Crippen LogP contribution in [0.3, 0.4) is 0 Å². The average molecular weight is 456 g/mol. The molecule has 0 saturated heterocycles. The fraction of sp³-hybridized carbons (Fsp3) is 0.370. The molecular weight excluding hydrogens is 425 g/mol. The molecule has 1 aliphatic rings. The van der Waals surface area contributed by atoms with Crippen LogP contribution in [0.4, 0.5) is 4.39 Å². The van der Waals surface area contributed by atoms with Crippen molar-refractivity contribution < 1.29 is 13.9 Å². The molecular formula is C27H31ClFNO2. The molecule has 0 saturated carbocycles. The number of halogens is 2. The van der Waals surface area contributed by atoms with Gasteiger partial charge in [-0.2, -0.15) is 0 Å². The second-order valence-electron chi connectivity index (χ2n) is 9.01. The molecule has 0 heterocycles. The first-order valence-corrected chi connectivity index (χ1v) is 11.4. The molecule has 0 spiro atoms. The lowest BCUT2D eigenvalue weighted by molar-refractivity contribution is -0.135. The Morgan fingerprint density at radius 1 is 1.16 bits per heavy atom. The van der Waals surface area contributed by atoms with Gasteiger partial charge in [0.1, 0.15) is 11.6 Å². The largest absolute Gasteiger partial charge is 0.478 e. The predicted molar refractivity (Wildman–Crippen MR) is 128 cm³/mol. The lowest BCUT2D eigenvalue weighted by Crippen LogP contribution is -2.50. The van der Waals surface area contributed by atoms with E-state index in [4.69, 9.17) is 16.3 Å². The van der Waals surface area contributed by atoms with E-state index >= 15 is 0 Å². The molecule has 3 rings (SSSR count). The molecule has 3 atom stereocenters. The Balaban J connectivity index is 1.76. The fourth-order valence-corrected chi connectivity index (χ4v) is 4.28. The number of nitrogens with one attached hydrogen (secondary N) is 1. The summed E-state index contributed by atoms with van der Waals surface area (Å²) in [5.74, 6) is 0.342. The minimum Gasteiger partial charge on any atom is -0.478 e. The van der Waals surface area contributed by atoms with E-state index < -0.39 is 5.60 Å². The summed E-state index contributed by atoms with van der Waals surface area (Å²) < 4.78 is 19.1. The first-order chi connectivity index (χ1) is 15.2. The molecule has 2 aromatic carbocycles. The lowest BCUT2D eigenvalue weighted by Gasteiger charge is -2.32. The van der Waals surface area contributed by atoms with Crippen molar-refractivity contribution in [2.24, 2.45) is 5.92 Å². The molecule has 2 aromatic rings. The Labute approximate surface area is 195 Å². The smallest absolute Gasteiger partial charge is 0.263 e. The molecule has 1 amide bonds. The van der Waals surface area contributed by atoms with Crippen LogP contribution < -0.4 is 10.1 Å². The van der Waals surface area contributed by atoms with Crippen molar-refractivity contribution in [2.45, 2.75) is 58.1 Å². The van der Waals surface area contributed by atoms with Crippen LogP contribution in [-0.4, -0.2) is 17.6 Å². The summed E-state index contributed by atoms with van der Waals surface area (Å²) in [7, 11) is 0. The number of allylic oxidation sites excluding steroid dienone is 4. The summed E-state index contributed by atoms with van der Waals surface area (Å²) in [5.41, 5.74) is 1.39. The van der Waals surface area contributed by atoms with Crippen LogP contribution in [0.2, 0.25) is 0 Å². The van der Waals surface area contributed by atoms with E-state index in [0.717, 1.165) is 17.9 Å². The second-order valence-corrected chi connectivity index (χ2v) is 9.50. The van der Waals surface area contributed by atoms with Gasteiger partial charge in [0.2, 0.25) is 0 Å². The molecule has 0 radical (unpaired) electrons. The monoisotopic (exact) mass is 455 g/mol. The van der Waals surface area contributed by atoms with Crippen LogP contribution >= 0.6 is 11.6 Å². The number of ether oxygens (including phenoxy) is 1. The third kappa shape index (κ3) is 6.23. The van der Waals surface area contributed by atoms with Gasteiger partial charge in [-0.05, 0) is 75.4 Å². The van der Waals surface area contributed by atoms with Gasteiger partial charge in [-0.1, -0.05) is 60.5 Å². The van der Waals surface area contributed by atoms with Crippen molar-refractivity contribution in [3.8, 4) is 5.75 Å². The number of hydrogen-bond acceptors (Lipinski definition) is 2. The van der Waals surface area contributed by atoms with E-state index in [0.29, 0.717) is 11.7 Å². The third-order valence-corrected chi connectivity index (χ3v) is 6.27. The molecule has 5 heteroatoms. The molecule has 1 N–H and O–H groups in total. The normalized spacial score (nSPS) is 18.2. The van der Waals surface area contributed by atoms with E-state index in [1.165, 1.54) is 35.4 Å². The van der Waals surface area contributed by atoms with Gasteiger partial charge in [0, 0.05) is 17.0 Å². The minimum atomic E-state index is -1.11. The van der Waals surface area contributed by atoms with Gasteiger partial charge in [-0.3, -0.25) is 4.79 Å². The van der Waals surface area contributed by atoms with E-state index in [-0.39, 0.29) is 23.7 Å². The average Bonchev–Trinajstić information content (AvgIpc) is 2.75. The Kier molecular flexibility index (Phi) is 7.78. The summed E-state index contributed by atoms with van der Waals surface area (Å²) in [4.78, 5) is 13.1. The highest BCUT2D eigenvalue weighted by molar-refractivity contribution is 6.29. The Hall–Kier alpha value is -2.59. The Morgan fingerprint density at radius 3 is 2.44 bits per heavy atom. The van der Waals surface area contributed by atoms with Crippen molar-refractivity contribution in [1.29, 1.82) is 0 Å². The van der Waals surface area contributed by atoms with Crippen molar-refractivity contribution in [1.82, 2.24) is 5.32 Å². The highest BCUT2D eigenvalue weighted by atomic mass is 35.5. The van der Waals surface area contributed by atoms with E-state index in [1.54, 1.807) is 13.8 Å². The number of hydrogen-bond donors (Lipinski definition) is 1. The first kappa shape index (κ1) is 24.1. The van der Waals surface area contributed by atoms with Crippen molar-refractivity contribution in [3.05, 3.63) is 88.7 Å². The van der Waals surface area contributed by atoms with E-state index in [9.17, 15) is 9.18 Å². The zero-order chi connectivity index (χ0) is 23.3. The zero-order valence-electron chi connectivity index (χ0n) is 19.1. The summed E-state index contributed by atoms with van der Waals surface area (Å²) in [5, 5.41) is 4.03. The molecule has 0 aliphatic heterocycles. The SMILES string of the molecule is CC1CC(Cl)=CC=C1CC(c1ccccc1)C(C)NC(=O)C(C)(C)Oc1ccc(F)cc1. The number of carbonyl (C=O) groups excluding carboxylic acids is 1. The maximum absolute atomic E-state index is 13.2. The van der Waals surface area contributed by atoms with Gasteiger partial charge in [-0.25, -0.2) is 4.39 Å². The topological polar surface area (TPSA) is 38.3 Å². The van der Waals surface area contributed by atoms with Gasteiger partial charge < -0.3 is 10.1 Å². The number of amides is 1. The highest BCUT2D eigenvalue weighted by Gasteiger charge is 2.33. The van der Waals surface area contributed by atoms with Crippen molar-refractivity contribution in [3.63, 3.8) is 0 Å². The summed E-state index contributed by atoms with van der Waals surface area (Å²) >= 11 is 6.21. The maximum Gasteiger partial charge on any atom is 0.263 e. The molecule has 0 aromatic heterocycles. The number of benzene rings is 2. The van der Waals surface area contributed by atoms with Crippen LogP contribution in [0.1, 0.15) is 52.0 Å². The standard InChI is InChI=1S/C27H31ClFNO2/c1-18-16-22(28)11-10-21(18)17-25(20-8-6-5-7-9-20)19(2)30-26(31)27(3,4)32-24-14-12-23(29)13-15-24/h5-15,18-19,25H,16-17H2,1-4H3,(H,30,31). The van der Waals surface area contributed by atoms with E-state index in [1.807, 2.05) is 31.2 Å². The van der Waals surface area contributed by atoms with Crippen LogP contribution in [-0.2, 0) is 4.79 Å². The van der Waals surface area contributed by atoms with Gasteiger partial charge in [0.05, 0.1) is 0 Å². The van der Waals surface area contributed by atoms with Gasteiger partial charge in [-0.15, -0.1) is 0 Å². The fourth-order valence-electron chi connectivity index (χ4n) is 3.98. The second kappa shape index (κ2) is 10.4. The van der Waals surface area contributed by atoms with Gasteiger partial charge in [0.15, 0.2) is 5.60 Å². The Morgan fingerprint density at radius 2 is 1.81 bits per heavy atom. The van der Waals surface area contributed by atoms with Crippen molar-refractivity contribution in [2.75, 3.05) is 0 Å². The van der Waals surface area contributed by atoms with E-state index in [2.05, 4.69) is 30.4 Å². The third-order valence-electron chi connectivity index (χ3n) is 5.99. The highest BCUT2D eigenvalue weighted by Crippen LogP contribution is 2.35. The van der Waals surface area contributed by atoms with Crippen molar-refractivity contribution >= 4 is 17.5 Å². The molecule has 170 valence electrons. The summed E-state index contributed by atoms with van der Waals surface area (Å²) in [6.07, 6.45) is 5.76. The number of carbonyl (C=O) groups is 1. The quantitative estimate of drug-likeness (QED) is 0.478. The molecule has 3 nitrogen and oxygen atoms in total. The maximum atomic E-state index is 13.2. The molecule has 0 bridgehead atoms. The number of rotatable bonds is 8.